The van der Waals surface area contributed by atoms with Crippen molar-refractivity contribution in [1.29, 1.82) is 0 Å². The Morgan fingerprint density at radius 3 is 2.69 bits per heavy atom. The molecule has 1 aromatic carbocycles. The molecule has 2 saturated heterocycles. The van der Waals surface area contributed by atoms with Gasteiger partial charge in [-0.25, -0.2) is 4.79 Å². The van der Waals surface area contributed by atoms with Gasteiger partial charge in [0.1, 0.15) is 0 Å². The Labute approximate surface area is 157 Å². The quantitative estimate of drug-likeness (QED) is 0.664. The summed E-state index contributed by atoms with van der Waals surface area (Å²) < 4.78 is 11.5. The van der Waals surface area contributed by atoms with Crippen molar-refractivity contribution in [3.8, 4) is 0 Å². The van der Waals surface area contributed by atoms with E-state index < -0.39 is 0 Å². The number of likely N-dealkylation sites (tertiary alicyclic amines) is 1. The fourth-order valence-corrected chi connectivity index (χ4v) is 4.54. The van der Waals surface area contributed by atoms with Gasteiger partial charge >= 0.3 is 6.09 Å². The molecule has 2 atom stereocenters. The zero-order valence-electron chi connectivity index (χ0n) is 16.5. The van der Waals surface area contributed by atoms with Crippen LogP contribution in [0.2, 0.25) is 0 Å². The van der Waals surface area contributed by atoms with E-state index in [0.717, 1.165) is 51.8 Å². The first kappa shape index (κ1) is 19.2. The number of unbranched alkanes of at least 4 members (excludes halogenated alkanes) is 1. The molecule has 1 aromatic rings. The van der Waals surface area contributed by atoms with Crippen molar-refractivity contribution >= 4 is 6.09 Å². The predicted molar refractivity (Wildman–Crippen MR) is 103 cm³/mol. The topological polar surface area (TPSA) is 38.8 Å². The van der Waals surface area contributed by atoms with Crippen molar-refractivity contribution in [3.63, 3.8) is 0 Å². The molecule has 3 rings (SSSR count). The Balaban J connectivity index is 1.68. The van der Waals surface area contributed by atoms with Crippen LogP contribution in [0, 0.1) is 10.8 Å². The summed E-state index contributed by atoms with van der Waals surface area (Å²) in [5.74, 6) is 0. The minimum Gasteiger partial charge on any atom is -0.449 e. The highest BCUT2D eigenvalue weighted by molar-refractivity contribution is 5.68. The van der Waals surface area contributed by atoms with Crippen molar-refractivity contribution in [3.05, 3.63) is 35.9 Å². The molecule has 2 aliphatic heterocycles. The van der Waals surface area contributed by atoms with E-state index in [1.165, 1.54) is 5.56 Å². The first-order valence-corrected chi connectivity index (χ1v) is 10.0. The number of carbonyl (C=O) groups excluding carboxylic acids is 1. The molecule has 4 nitrogen and oxygen atoms in total. The summed E-state index contributed by atoms with van der Waals surface area (Å²) in [6, 6.07) is 10.6. The first-order chi connectivity index (χ1) is 12.5. The second-order valence-corrected chi connectivity index (χ2v) is 8.67. The highest BCUT2D eigenvalue weighted by atomic mass is 16.6. The van der Waals surface area contributed by atoms with Gasteiger partial charge in [-0.15, -0.1) is 0 Å². The van der Waals surface area contributed by atoms with Gasteiger partial charge < -0.3 is 14.4 Å². The predicted octanol–water partition coefficient (Wildman–Crippen LogP) is 4.67. The smallest absolute Gasteiger partial charge is 0.409 e. The van der Waals surface area contributed by atoms with Gasteiger partial charge in [0.2, 0.25) is 0 Å². The van der Waals surface area contributed by atoms with Crippen LogP contribution in [0.25, 0.3) is 0 Å². The van der Waals surface area contributed by atoms with Crippen molar-refractivity contribution in [2.75, 3.05) is 26.3 Å². The average molecular weight is 360 g/mol. The summed E-state index contributed by atoms with van der Waals surface area (Å²) in [6.45, 7) is 9.53. The molecule has 2 heterocycles. The molecular formula is C22H33NO3. The highest BCUT2D eigenvalue weighted by Gasteiger charge is 2.56. The molecule has 144 valence electrons. The first-order valence-electron chi connectivity index (χ1n) is 10.0. The van der Waals surface area contributed by atoms with Gasteiger partial charge in [0, 0.05) is 23.9 Å². The lowest BCUT2D eigenvalue weighted by Gasteiger charge is -2.53. The van der Waals surface area contributed by atoms with E-state index in [-0.39, 0.29) is 23.0 Å². The van der Waals surface area contributed by atoms with Crippen LogP contribution in [-0.2, 0) is 15.9 Å². The number of hydrogen-bond acceptors (Lipinski definition) is 3. The van der Waals surface area contributed by atoms with Crippen molar-refractivity contribution in [1.82, 2.24) is 4.90 Å². The molecule has 0 radical (unpaired) electrons. The Hall–Kier alpha value is -1.55. The van der Waals surface area contributed by atoms with E-state index in [1.54, 1.807) is 0 Å². The SMILES string of the molecule is CCCCOC(=O)N1CCC(CCc2ccccc2)(C2OCC2(C)C)C1. The van der Waals surface area contributed by atoms with Crippen LogP contribution in [0.1, 0.15) is 52.0 Å². The van der Waals surface area contributed by atoms with Crippen LogP contribution in [0.3, 0.4) is 0 Å². The maximum atomic E-state index is 12.4. The fraction of sp³-hybridized carbons (Fsp3) is 0.682. The van der Waals surface area contributed by atoms with Gasteiger partial charge in [-0.1, -0.05) is 57.5 Å². The second-order valence-electron chi connectivity index (χ2n) is 8.67. The number of benzene rings is 1. The monoisotopic (exact) mass is 359 g/mol. The summed E-state index contributed by atoms with van der Waals surface area (Å²) in [7, 11) is 0. The molecule has 26 heavy (non-hydrogen) atoms. The number of aryl methyl sites for hydroxylation is 1. The van der Waals surface area contributed by atoms with E-state index >= 15 is 0 Å². The Bertz CT molecular complexity index is 601. The Morgan fingerprint density at radius 1 is 1.31 bits per heavy atom. The third-order valence-electron chi connectivity index (χ3n) is 6.01. The zero-order valence-corrected chi connectivity index (χ0v) is 16.5. The van der Waals surface area contributed by atoms with Crippen molar-refractivity contribution in [2.45, 2.75) is 59.0 Å². The van der Waals surface area contributed by atoms with Crippen LogP contribution < -0.4 is 0 Å². The van der Waals surface area contributed by atoms with E-state index in [1.807, 2.05) is 4.90 Å². The molecule has 0 aromatic heterocycles. The van der Waals surface area contributed by atoms with Crippen LogP contribution >= 0.6 is 0 Å². The molecule has 2 fully saturated rings. The van der Waals surface area contributed by atoms with Crippen molar-refractivity contribution < 1.29 is 14.3 Å². The lowest BCUT2D eigenvalue weighted by atomic mass is 9.64. The summed E-state index contributed by atoms with van der Waals surface area (Å²) in [6.07, 6.45) is 5.09. The van der Waals surface area contributed by atoms with Crippen LogP contribution in [-0.4, -0.2) is 43.4 Å². The molecule has 0 saturated carbocycles. The maximum absolute atomic E-state index is 12.4. The third kappa shape index (κ3) is 4.06. The molecule has 0 N–H and O–H groups in total. The number of nitrogens with zero attached hydrogens (tertiary/aromatic N) is 1. The van der Waals surface area contributed by atoms with Crippen molar-refractivity contribution in [2.24, 2.45) is 10.8 Å². The van der Waals surface area contributed by atoms with E-state index in [9.17, 15) is 4.79 Å². The van der Waals surface area contributed by atoms with Gasteiger partial charge in [-0.05, 0) is 31.2 Å². The maximum Gasteiger partial charge on any atom is 0.409 e. The molecular weight excluding hydrogens is 326 g/mol. The minimum absolute atomic E-state index is 0.0291. The van der Waals surface area contributed by atoms with Gasteiger partial charge in [-0.2, -0.15) is 0 Å². The number of hydrogen-bond donors (Lipinski definition) is 0. The largest absolute Gasteiger partial charge is 0.449 e. The molecule has 1 amide bonds. The second kappa shape index (κ2) is 7.99. The van der Waals surface area contributed by atoms with Crippen LogP contribution in [0.15, 0.2) is 30.3 Å². The Kier molecular flexibility index (Phi) is 5.91. The average Bonchev–Trinajstić information content (AvgIpc) is 3.05. The summed E-state index contributed by atoms with van der Waals surface area (Å²) >= 11 is 0. The molecule has 0 spiro atoms. The van der Waals surface area contributed by atoms with E-state index in [0.29, 0.717) is 6.61 Å². The van der Waals surface area contributed by atoms with E-state index in [2.05, 4.69) is 51.1 Å². The molecule has 2 aliphatic rings. The van der Waals surface area contributed by atoms with Gasteiger partial charge in [-0.3, -0.25) is 0 Å². The standard InChI is InChI=1S/C22H33NO3/c1-4-5-15-25-20(24)23-14-13-22(16-23,19-21(2,3)17-26-19)12-11-18-9-7-6-8-10-18/h6-10,19H,4-5,11-17H2,1-3H3. The minimum atomic E-state index is -0.155. The number of rotatable bonds is 7. The van der Waals surface area contributed by atoms with Crippen LogP contribution in [0.4, 0.5) is 4.79 Å². The molecule has 0 aliphatic carbocycles. The Morgan fingerprint density at radius 2 is 2.08 bits per heavy atom. The van der Waals surface area contributed by atoms with E-state index in [4.69, 9.17) is 9.47 Å². The van der Waals surface area contributed by atoms with Crippen LogP contribution in [0.5, 0.6) is 0 Å². The summed E-state index contributed by atoms with van der Waals surface area (Å²) in [5, 5.41) is 0. The number of ether oxygens (including phenoxy) is 2. The molecule has 0 bridgehead atoms. The van der Waals surface area contributed by atoms with Gasteiger partial charge in [0.25, 0.3) is 0 Å². The summed E-state index contributed by atoms with van der Waals surface area (Å²) in [4.78, 5) is 14.3. The molecule has 2 unspecified atom stereocenters. The van der Waals surface area contributed by atoms with Gasteiger partial charge in [0.15, 0.2) is 0 Å². The fourth-order valence-electron chi connectivity index (χ4n) is 4.54. The number of carbonyl (C=O) groups is 1. The lowest BCUT2D eigenvalue weighted by Crippen LogP contribution is -2.58. The summed E-state index contributed by atoms with van der Waals surface area (Å²) in [5.41, 5.74) is 1.56. The lowest BCUT2D eigenvalue weighted by molar-refractivity contribution is -0.223. The molecule has 4 heteroatoms. The third-order valence-corrected chi connectivity index (χ3v) is 6.01. The van der Waals surface area contributed by atoms with Gasteiger partial charge in [0.05, 0.1) is 19.3 Å². The number of amides is 1. The highest BCUT2D eigenvalue weighted by Crippen LogP contribution is 2.51. The normalized spacial score (nSPS) is 27.2. The zero-order chi connectivity index (χ0) is 18.6.